The molecule has 0 spiro atoms. The van der Waals surface area contributed by atoms with E-state index < -0.39 is 0 Å². The van der Waals surface area contributed by atoms with Crippen molar-refractivity contribution in [2.45, 2.75) is 13.3 Å². The molecular weight excluding hydrogens is 166 g/mol. The summed E-state index contributed by atoms with van der Waals surface area (Å²) in [7, 11) is 0. The highest BCUT2D eigenvalue weighted by Gasteiger charge is 2.19. The molecule has 0 bridgehead atoms. The van der Waals surface area contributed by atoms with Gasteiger partial charge in [-0.1, -0.05) is 0 Å². The van der Waals surface area contributed by atoms with Crippen LogP contribution < -0.4 is 0 Å². The molecule has 0 saturated carbocycles. The van der Waals surface area contributed by atoms with Crippen molar-refractivity contribution in [2.75, 3.05) is 32.7 Å². The van der Waals surface area contributed by atoms with Gasteiger partial charge in [0.25, 0.3) is 0 Å². The molecule has 13 heavy (non-hydrogen) atoms. The average Bonchev–Trinajstić information content (AvgIpc) is 2.28. The number of amides is 1. The Morgan fingerprint density at radius 1 is 1.54 bits per heavy atom. The van der Waals surface area contributed by atoms with Gasteiger partial charge in [-0.3, -0.25) is 9.69 Å². The lowest BCUT2D eigenvalue weighted by Gasteiger charge is -2.18. The van der Waals surface area contributed by atoms with E-state index in [1.807, 2.05) is 16.7 Å². The van der Waals surface area contributed by atoms with E-state index in [-0.39, 0.29) is 5.91 Å². The molecule has 0 aromatic carbocycles. The van der Waals surface area contributed by atoms with Crippen molar-refractivity contribution in [1.82, 2.24) is 9.80 Å². The molecule has 1 rings (SSSR count). The monoisotopic (exact) mass is 181 g/mol. The molecular formula is C9H15N3O. The minimum atomic E-state index is 0.148. The largest absolute Gasteiger partial charge is 0.342 e. The first-order valence-electron chi connectivity index (χ1n) is 4.65. The molecule has 0 radical (unpaired) electrons. The smallest absolute Gasteiger partial charge is 0.236 e. The van der Waals surface area contributed by atoms with Crippen LogP contribution in [0.25, 0.3) is 0 Å². The lowest BCUT2D eigenvalue weighted by Crippen LogP contribution is -2.36. The predicted molar refractivity (Wildman–Crippen MR) is 48.9 cm³/mol. The second-order valence-corrected chi connectivity index (χ2v) is 3.20. The number of likely N-dealkylation sites (N-methyl/N-ethyl adjacent to an activating group) is 1. The van der Waals surface area contributed by atoms with Crippen molar-refractivity contribution in [3.63, 3.8) is 0 Å². The highest BCUT2D eigenvalue weighted by atomic mass is 16.2. The van der Waals surface area contributed by atoms with Crippen molar-refractivity contribution >= 4 is 5.91 Å². The van der Waals surface area contributed by atoms with Crippen molar-refractivity contribution < 1.29 is 4.79 Å². The molecule has 1 amide bonds. The van der Waals surface area contributed by atoms with Crippen molar-refractivity contribution in [3.8, 4) is 6.07 Å². The van der Waals surface area contributed by atoms with E-state index in [1.165, 1.54) is 0 Å². The summed E-state index contributed by atoms with van der Waals surface area (Å²) >= 11 is 0. The van der Waals surface area contributed by atoms with Crippen molar-refractivity contribution in [2.24, 2.45) is 0 Å². The molecule has 4 heteroatoms. The van der Waals surface area contributed by atoms with Crippen LogP contribution in [-0.4, -0.2) is 48.4 Å². The number of nitrogens with zero attached hydrogens (tertiary/aromatic N) is 3. The van der Waals surface area contributed by atoms with Gasteiger partial charge in [0.1, 0.15) is 0 Å². The summed E-state index contributed by atoms with van der Waals surface area (Å²) in [6.45, 7) is 5.22. The fourth-order valence-corrected chi connectivity index (χ4v) is 1.55. The number of carbonyl (C=O) groups excluding carboxylic acids is 1. The Morgan fingerprint density at radius 3 is 2.92 bits per heavy atom. The lowest BCUT2D eigenvalue weighted by atomic mass is 10.4. The zero-order valence-electron chi connectivity index (χ0n) is 7.99. The SMILES string of the molecule is CCN1CCCN(CC#N)CC1=O. The second kappa shape index (κ2) is 4.83. The summed E-state index contributed by atoms with van der Waals surface area (Å²) in [4.78, 5) is 15.3. The highest BCUT2D eigenvalue weighted by Crippen LogP contribution is 2.03. The van der Waals surface area contributed by atoms with Crippen LogP contribution in [0.15, 0.2) is 0 Å². The summed E-state index contributed by atoms with van der Waals surface area (Å²) in [6, 6.07) is 2.07. The zero-order chi connectivity index (χ0) is 9.68. The Kier molecular flexibility index (Phi) is 3.71. The number of hydrogen-bond donors (Lipinski definition) is 0. The summed E-state index contributed by atoms with van der Waals surface area (Å²) < 4.78 is 0. The molecule has 0 aromatic heterocycles. The fraction of sp³-hybridized carbons (Fsp3) is 0.778. The summed E-state index contributed by atoms with van der Waals surface area (Å²) in [5.74, 6) is 0.148. The number of carbonyl (C=O) groups is 1. The molecule has 1 heterocycles. The average molecular weight is 181 g/mol. The Balaban J connectivity index is 2.51. The Hall–Kier alpha value is -1.08. The summed E-state index contributed by atoms with van der Waals surface area (Å²) in [6.07, 6.45) is 0.973. The third-order valence-electron chi connectivity index (χ3n) is 2.29. The van der Waals surface area contributed by atoms with Gasteiger partial charge in [-0.05, 0) is 13.3 Å². The summed E-state index contributed by atoms with van der Waals surface area (Å²) in [5.41, 5.74) is 0. The van der Waals surface area contributed by atoms with Gasteiger partial charge in [0.15, 0.2) is 0 Å². The molecule has 1 saturated heterocycles. The number of rotatable bonds is 2. The Bertz CT molecular complexity index is 221. The molecule has 0 N–H and O–H groups in total. The van der Waals surface area contributed by atoms with E-state index in [0.717, 1.165) is 26.1 Å². The minimum Gasteiger partial charge on any atom is -0.342 e. The van der Waals surface area contributed by atoms with Crippen LogP contribution in [0.3, 0.4) is 0 Å². The van der Waals surface area contributed by atoms with Gasteiger partial charge in [-0.15, -0.1) is 0 Å². The first-order valence-corrected chi connectivity index (χ1v) is 4.65. The van der Waals surface area contributed by atoms with E-state index in [4.69, 9.17) is 5.26 Å². The first kappa shape index (κ1) is 10.0. The molecule has 72 valence electrons. The van der Waals surface area contributed by atoms with Gasteiger partial charge in [-0.25, -0.2) is 0 Å². The molecule has 0 atom stereocenters. The van der Waals surface area contributed by atoms with Crippen LogP contribution in [0.1, 0.15) is 13.3 Å². The maximum atomic E-state index is 11.5. The number of nitriles is 1. The topological polar surface area (TPSA) is 47.3 Å². The highest BCUT2D eigenvalue weighted by molar-refractivity contribution is 5.78. The predicted octanol–water partition coefficient (Wildman–Crippen LogP) is 0.0642. The molecule has 1 fully saturated rings. The summed E-state index contributed by atoms with van der Waals surface area (Å²) in [5, 5.41) is 8.50. The molecule has 0 aromatic rings. The van der Waals surface area contributed by atoms with Gasteiger partial charge in [-0.2, -0.15) is 5.26 Å². The van der Waals surface area contributed by atoms with Crippen LogP contribution >= 0.6 is 0 Å². The minimum absolute atomic E-state index is 0.148. The van der Waals surface area contributed by atoms with Gasteiger partial charge in [0.05, 0.1) is 19.2 Å². The van der Waals surface area contributed by atoms with E-state index in [1.54, 1.807) is 0 Å². The maximum Gasteiger partial charge on any atom is 0.236 e. The van der Waals surface area contributed by atoms with Gasteiger partial charge < -0.3 is 4.90 Å². The first-order chi connectivity index (χ1) is 6.27. The third-order valence-corrected chi connectivity index (χ3v) is 2.29. The normalized spacial score (nSPS) is 19.7. The van der Waals surface area contributed by atoms with Crippen molar-refractivity contribution in [1.29, 1.82) is 5.26 Å². The van der Waals surface area contributed by atoms with Gasteiger partial charge in [0.2, 0.25) is 5.91 Å². The number of hydrogen-bond acceptors (Lipinski definition) is 3. The van der Waals surface area contributed by atoms with E-state index in [9.17, 15) is 4.79 Å². The molecule has 0 aliphatic carbocycles. The maximum absolute atomic E-state index is 11.5. The lowest BCUT2D eigenvalue weighted by molar-refractivity contribution is -0.130. The van der Waals surface area contributed by atoms with Gasteiger partial charge in [0, 0.05) is 19.6 Å². The molecule has 0 unspecified atom stereocenters. The van der Waals surface area contributed by atoms with Crippen LogP contribution in [0.5, 0.6) is 0 Å². The van der Waals surface area contributed by atoms with Gasteiger partial charge >= 0.3 is 0 Å². The molecule has 1 aliphatic heterocycles. The standard InChI is InChI=1S/C9H15N3O/c1-2-12-6-3-5-11(7-4-10)8-9(12)13/h2-3,5-8H2,1H3. The van der Waals surface area contributed by atoms with E-state index >= 15 is 0 Å². The van der Waals surface area contributed by atoms with E-state index in [0.29, 0.717) is 13.1 Å². The van der Waals surface area contributed by atoms with Crippen molar-refractivity contribution in [3.05, 3.63) is 0 Å². The molecule has 1 aliphatic rings. The second-order valence-electron chi connectivity index (χ2n) is 3.20. The Morgan fingerprint density at radius 2 is 2.31 bits per heavy atom. The Labute approximate surface area is 78.7 Å². The van der Waals surface area contributed by atoms with Crippen LogP contribution in [0, 0.1) is 11.3 Å². The zero-order valence-corrected chi connectivity index (χ0v) is 7.99. The van der Waals surface area contributed by atoms with Crippen LogP contribution in [0.4, 0.5) is 0 Å². The van der Waals surface area contributed by atoms with Crippen LogP contribution in [-0.2, 0) is 4.79 Å². The van der Waals surface area contributed by atoms with E-state index in [2.05, 4.69) is 6.07 Å². The fourth-order valence-electron chi connectivity index (χ4n) is 1.55. The quantitative estimate of drug-likeness (QED) is 0.566. The third kappa shape index (κ3) is 2.71. The molecule has 4 nitrogen and oxygen atoms in total. The van der Waals surface area contributed by atoms with Crippen LogP contribution in [0.2, 0.25) is 0 Å².